The molecule has 2 rings (SSSR count). The van der Waals surface area contributed by atoms with Crippen molar-refractivity contribution in [3.63, 3.8) is 0 Å². The van der Waals surface area contributed by atoms with Crippen LogP contribution in [0.15, 0.2) is 41.3 Å². The minimum absolute atomic E-state index is 0.213. The number of halogens is 2. The lowest BCUT2D eigenvalue weighted by Crippen LogP contribution is -1.90. The molecular weight excluding hydrogens is 247 g/mol. The Bertz CT molecular complexity index is 476. The van der Waals surface area contributed by atoms with E-state index in [1.165, 1.54) is 17.8 Å². The predicted octanol–water partition coefficient (Wildman–Crippen LogP) is 3.56. The molecule has 0 aliphatic rings. The van der Waals surface area contributed by atoms with Crippen molar-refractivity contribution in [2.24, 2.45) is 0 Å². The van der Waals surface area contributed by atoms with Gasteiger partial charge in [0.2, 0.25) is 0 Å². The average Bonchev–Trinajstić information content (AvgIpc) is 2.30. The Labute approximate surface area is 102 Å². The second-order valence-corrected chi connectivity index (χ2v) is 4.47. The highest BCUT2D eigenvalue weighted by Gasteiger charge is 2.02. The van der Waals surface area contributed by atoms with E-state index >= 15 is 0 Å². The Hall–Kier alpha value is -1.13. The van der Waals surface area contributed by atoms with Crippen LogP contribution in [-0.4, -0.2) is 10.2 Å². The molecule has 82 valence electrons. The highest BCUT2D eigenvalue weighted by atomic mass is 35.5. The van der Waals surface area contributed by atoms with Crippen molar-refractivity contribution in [1.29, 1.82) is 0 Å². The van der Waals surface area contributed by atoms with E-state index in [0.717, 1.165) is 5.69 Å². The van der Waals surface area contributed by atoms with E-state index in [9.17, 15) is 4.39 Å². The normalized spacial score (nSPS) is 10.4. The van der Waals surface area contributed by atoms with Crippen LogP contribution in [-0.2, 0) is 5.75 Å². The third kappa shape index (κ3) is 2.93. The van der Waals surface area contributed by atoms with Gasteiger partial charge in [-0.25, -0.2) is 4.39 Å². The molecule has 0 fully saturated rings. The van der Waals surface area contributed by atoms with Crippen LogP contribution >= 0.6 is 23.4 Å². The monoisotopic (exact) mass is 254 g/mol. The topological polar surface area (TPSA) is 25.8 Å². The molecule has 0 atom stereocenters. The Morgan fingerprint density at radius 3 is 2.62 bits per heavy atom. The first-order valence-corrected chi connectivity index (χ1v) is 5.97. The van der Waals surface area contributed by atoms with Gasteiger partial charge in [-0.05, 0) is 24.3 Å². The molecule has 1 aromatic carbocycles. The van der Waals surface area contributed by atoms with Crippen LogP contribution in [0.3, 0.4) is 0 Å². The predicted molar refractivity (Wildman–Crippen MR) is 63.0 cm³/mol. The SMILES string of the molecule is Fc1ccccc1SCc1ccc(Cl)nn1. The molecule has 0 spiro atoms. The number of benzene rings is 1. The van der Waals surface area contributed by atoms with Crippen molar-refractivity contribution in [3.05, 3.63) is 53.1 Å². The van der Waals surface area contributed by atoms with Gasteiger partial charge in [0.15, 0.2) is 5.15 Å². The molecule has 16 heavy (non-hydrogen) atoms. The molecular formula is C11H8ClFN2S. The van der Waals surface area contributed by atoms with Gasteiger partial charge in [-0.3, -0.25) is 0 Å². The first-order valence-electron chi connectivity index (χ1n) is 4.61. The molecule has 0 aliphatic carbocycles. The molecule has 0 radical (unpaired) electrons. The molecule has 0 unspecified atom stereocenters. The summed E-state index contributed by atoms with van der Waals surface area (Å²) in [6.45, 7) is 0. The summed E-state index contributed by atoms with van der Waals surface area (Å²) in [6, 6.07) is 10.1. The summed E-state index contributed by atoms with van der Waals surface area (Å²) >= 11 is 7.00. The number of hydrogen-bond donors (Lipinski definition) is 0. The molecule has 1 heterocycles. The fourth-order valence-corrected chi connectivity index (χ4v) is 2.07. The van der Waals surface area contributed by atoms with E-state index in [1.807, 2.05) is 0 Å². The Balaban J connectivity index is 2.02. The van der Waals surface area contributed by atoms with Crippen LogP contribution in [0.5, 0.6) is 0 Å². The van der Waals surface area contributed by atoms with E-state index in [0.29, 0.717) is 15.8 Å². The molecule has 1 aromatic heterocycles. The first-order chi connectivity index (χ1) is 7.75. The van der Waals surface area contributed by atoms with Gasteiger partial charge in [0.1, 0.15) is 5.82 Å². The molecule has 2 aromatic rings. The smallest absolute Gasteiger partial charge is 0.151 e. The summed E-state index contributed by atoms with van der Waals surface area (Å²) in [5.74, 6) is 0.361. The molecule has 0 bridgehead atoms. The fraction of sp³-hybridized carbons (Fsp3) is 0.0909. The largest absolute Gasteiger partial charge is 0.206 e. The fourth-order valence-electron chi connectivity index (χ4n) is 1.13. The van der Waals surface area contributed by atoms with E-state index in [1.54, 1.807) is 30.3 Å². The van der Waals surface area contributed by atoms with Crippen LogP contribution < -0.4 is 0 Å². The lowest BCUT2D eigenvalue weighted by Gasteiger charge is -2.01. The second-order valence-electron chi connectivity index (χ2n) is 3.07. The Morgan fingerprint density at radius 2 is 1.94 bits per heavy atom. The van der Waals surface area contributed by atoms with Gasteiger partial charge in [0.25, 0.3) is 0 Å². The van der Waals surface area contributed by atoms with Gasteiger partial charge < -0.3 is 0 Å². The summed E-state index contributed by atoms with van der Waals surface area (Å²) in [4.78, 5) is 0.610. The van der Waals surface area contributed by atoms with Crippen molar-refractivity contribution >= 4 is 23.4 Å². The molecule has 0 saturated heterocycles. The summed E-state index contributed by atoms with van der Waals surface area (Å²) < 4.78 is 13.3. The third-order valence-electron chi connectivity index (χ3n) is 1.90. The zero-order chi connectivity index (χ0) is 11.4. The lowest BCUT2D eigenvalue weighted by atomic mass is 10.3. The Kier molecular flexibility index (Phi) is 3.74. The van der Waals surface area contributed by atoms with Crippen molar-refractivity contribution < 1.29 is 4.39 Å². The first kappa shape index (κ1) is 11.4. The van der Waals surface area contributed by atoms with Gasteiger partial charge >= 0.3 is 0 Å². The lowest BCUT2D eigenvalue weighted by molar-refractivity contribution is 0.602. The third-order valence-corrected chi connectivity index (χ3v) is 3.18. The molecule has 0 amide bonds. The van der Waals surface area contributed by atoms with Gasteiger partial charge in [0.05, 0.1) is 5.69 Å². The molecule has 5 heteroatoms. The Morgan fingerprint density at radius 1 is 1.12 bits per heavy atom. The highest BCUT2D eigenvalue weighted by molar-refractivity contribution is 7.98. The van der Waals surface area contributed by atoms with Crippen molar-refractivity contribution in [1.82, 2.24) is 10.2 Å². The van der Waals surface area contributed by atoms with Crippen LogP contribution in [0, 0.1) is 5.82 Å². The van der Waals surface area contributed by atoms with Crippen LogP contribution in [0.1, 0.15) is 5.69 Å². The second kappa shape index (κ2) is 5.27. The minimum Gasteiger partial charge on any atom is -0.206 e. The van der Waals surface area contributed by atoms with Crippen molar-refractivity contribution in [2.75, 3.05) is 0 Å². The standard InChI is InChI=1S/C11H8ClFN2S/c12-11-6-5-8(14-15-11)7-16-10-4-2-1-3-9(10)13/h1-6H,7H2. The number of thioether (sulfide) groups is 1. The quantitative estimate of drug-likeness (QED) is 0.784. The number of aromatic nitrogens is 2. The van der Waals surface area contributed by atoms with E-state index in [-0.39, 0.29) is 5.82 Å². The maximum Gasteiger partial charge on any atom is 0.151 e. The van der Waals surface area contributed by atoms with E-state index in [2.05, 4.69) is 10.2 Å². The van der Waals surface area contributed by atoms with E-state index in [4.69, 9.17) is 11.6 Å². The summed E-state index contributed by atoms with van der Waals surface area (Å²) in [5.41, 5.74) is 0.776. The van der Waals surface area contributed by atoms with Crippen molar-refractivity contribution in [2.45, 2.75) is 10.6 Å². The summed E-state index contributed by atoms with van der Waals surface area (Å²) in [7, 11) is 0. The van der Waals surface area contributed by atoms with Crippen LogP contribution in [0.4, 0.5) is 4.39 Å². The van der Waals surface area contributed by atoms with E-state index < -0.39 is 0 Å². The molecule has 0 aliphatic heterocycles. The van der Waals surface area contributed by atoms with Gasteiger partial charge in [-0.15, -0.1) is 16.9 Å². The van der Waals surface area contributed by atoms with Gasteiger partial charge in [-0.2, -0.15) is 5.10 Å². The molecule has 0 N–H and O–H groups in total. The number of hydrogen-bond acceptors (Lipinski definition) is 3. The zero-order valence-corrected chi connectivity index (χ0v) is 9.80. The van der Waals surface area contributed by atoms with Gasteiger partial charge in [0, 0.05) is 10.6 Å². The van der Waals surface area contributed by atoms with Gasteiger partial charge in [-0.1, -0.05) is 23.7 Å². The molecule has 0 saturated carbocycles. The summed E-state index contributed by atoms with van der Waals surface area (Å²) in [5, 5.41) is 7.98. The maximum atomic E-state index is 13.3. The number of rotatable bonds is 3. The zero-order valence-electron chi connectivity index (χ0n) is 8.23. The van der Waals surface area contributed by atoms with Crippen LogP contribution in [0.25, 0.3) is 0 Å². The minimum atomic E-state index is -0.213. The van der Waals surface area contributed by atoms with Crippen molar-refractivity contribution in [3.8, 4) is 0 Å². The molecule has 2 nitrogen and oxygen atoms in total. The highest BCUT2D eigenvalue weighted by Crippen LogP contribution is 2.24. The van der Waals surface area contributed by atoms with Crippen LogP contribution in [0.2, 0.25) is 5.15 Å². The average molecular weight is 255 g/mol. The number of nitrogens with zero attached hydrogens (tertiary/aromatic N) is 2. The summed E-state index contributed by atoms with van der Waals surface area (Å²) in [6.07, 6.45) is 0. The maximum absolute atomic E-state index is 13.3.